The number of para-hydroxylation sites is 1. The van der Waals surface area contributed by atoms with Crippen LogP contribution in [0.3, 0.4) is 0 Å². The van der Waals surface area contributed by atoms with E-state index in [1.807, 2.05) is 32.0 Å². The summed E-state index contributed by atoms with van der Waals surface area (Å²) in [6, 6.07) is 11.1. The zero-order valence-corrected chi connectivity index (χ0v) is 20.8. The first kappa shape index (κ1) is 25.4. The number of phenolic OH excluding ortho intramolecular Hbond substituents is 1. The number of ether oxygens (including phenoxy) is 1. The molecule has 1 fully saturated rings. The maximum Gasteiger partial charge on any atom is 0.306 e. The molecular formula is C27H32N4O5. The number of nitrogens with zero attached hydrogens (tertiary/aromatic N) is 4. The summed E-state index contributed by atoms with van der Waals surface area (Å²) in [5.41, 5.74) is 3.88. The van der Waals surface area contributed by atoms with Gasteiger partial charge in [-0.05, 0) is 73.9 Å². The van der Waals surface area contributed by atoms with E-state index >= 15 is 0 Å². The molecule has 0 amide bonds. The van der Waals surface area contributed by atoms with Crippen LogP contribution < -0.4 is 0 Å². The van der Waals surface area contributed by atoms with Gasteiger partial charge in [-0.2, -0.15) is 0 Å². The maximum absolute atomic E-state index is 11.5. The first-order valence-corrected chi connectivity index (χ1v) is 12.1. The van der Waals surface area contributed by atoms with E-state index in [1.54, 1.807) is 29.9 Å². The third-order valence-corrected chi connectivity index (χ3v) is 6.95. The average Bonchev–Trinajstić information content (AvgIpc) is 3.18. The highest BCUT2D eigenvalue weighted by Crippen LogP contribution is 2.43. The van der Waals surface area contributed by atoms with Gasteiger partial charge in [-0.1, -0.05) is 24.6 Å². The minimum Gasteiger partial charge on any atom is -0.505 e. The number of aromatic hydroxyl groups is 2. The van der Waals surface area contributed by atoms with E-state index in [2.05, 4.69) is 15.2 Å². The Morgan fingerprint density at radius 2 is 1.94 bits per heavy atom. The van der Waals surface area contributed by atoms with Crippen LogP contribution in [-0.4, -0.2) is 44.6 Å². The van der Waals surface area contributed by atoms with Gasteiger partial charge in [0.2, 0.25) is 11.7 Å². The number of azo groups is 1. The van der Waals surface area contributed by atoms with Gasteiger partial charge in [-0.15, -0.1) is 10.2 Å². The first-order chi connectivity index (χ1) is 17.3. The van der Waals surface area contributed by atoms with Gasteiger partial charge in [0.1, 0.15) is 17.3 Å². The molecule has 4 rings (SSSR count). The van der Waals surface area contributed by atoms with E-state index in [4.69, 9.17) is 4.74 Å². The molecular weight excluding hydrogens is 460 g/mol. The second-order valence-corrected chi connectivity index (χ2v) is 9.34. The summed E-state index contributed by atoms with van der Waals surface area (Å²) in [7, 11) is 1.60. The largest absolute Gasteiger partial charge is 0.505 e. The van der Waals surface area contributed by atoms with Crippen molar-refractivity contribution in [2.45, 2.75) is 51.9 Å². The molecule has 3 aromatic rings. The minimum absolute atomic E-state index is 0.0232. The lowest BCUT2D eigenvalue weighted by atomic mass is 9.77. The Balaban J connectivity index is 1.66. The molecule has 2 atom stereocenters. The highest BCUT2D eigenvalue weighted by molar-refractivity contribution is 5.70. The number of aryl methyl sites for hydroxylation is 2. The van der Waals surface area contributed by atoms with Crippen LogP contribution in [0, 0.1) is 19.8 Å². The van der Waals surface area contributed by atoms with Crippen LogP contribution in [0.15, 0.2) is 46.6 Å². The lowest BCUT2D eigenvalue weighted by molar-refractivity contribution is -0.143. The summed E-state index contributed by atoms with van der Waals surface area (Å²) >= 11 is 0. The fourth-order valence-corrected chi connectivity index (χ4v) is 4.77. The number of methoxy groups -OCH3 is 1. The van der Waals surface area contributed by atoms with Crippen molar-refractivity contribution < 1.29 is 24.9 Å². The van der Waals surface area contributed by atoms with Crippen molar-refractivity contribution >= 4 is 17.5 Å². The smallest absolute Gasteiger partial charge is 0.306 e. The molecule has 9 nitrogen and oxygen atoms in total. The summed E-state index contributed by atoms with van der Waals surface area (Å²) in [5.74, 6) is -0.836. The number of carbonyl (C=O) groups is 1. The van der Waals surface area contributed by atoms with Crippen LogP contribution in [0.5, 0.6) is 11.6 Å². The number of aliphatic carboxylic acids is 1. The SMILES string of the molecule is COCCc1nc(N=Nc2cccc(C3CCCC(C(=O)O)C3)c2O)c(O)n1-c1ccc(C)c(C)c1. The molecule has 190 valence electrons. The lowest BCUT2D eigenvalue weighted by Gasteiger charge is -2.27. The second kappa shape index (κ2) is 10.9. The van der Waals surface area contributed by atoms with Gasteiger partial charge in [0.15, 0.2) is 0 Å². The van der Waals surface area contributed by atoms with Gasteiger partial charge in [0.05, 0.1) is 18.2 Å². The molecule has 1 heterocycles. The van der Waals surface area contributed by atoms with Gasteiger partial charge < -0.3 is 20.1 Å². The van der Waals surface area contributed by atoms with Crippen LogP contribution in [0.2, 0.25) is 0 Å². The van der Waals surface area contributed by atoms with E-state index < -0.39 is 11.9 Å². The molecule has 1 aromatic heterocycles. The summed E-state index contributed by atoms with van der Waals surface area (Å²) in [6.45, 7) is 4.44. The highest BCUT2D eigenvalue weighted by atomic mass is 16.5. The molecule has 0 bridgehead atoms. The monoisotopic (exact) mass is 492 g/mol. The number of rotatable bonds is 8. The summed E-state index contributed by atoms with van der Waals surface area (Å²) in [6.07, 6.45) is 3.19. The third-order valence-electron chi connectivity index (χ3n) is 6.95. The Bertz CT molecular complexity index is 1280. The number of phenols is 1. The van der Waals surface area contributed by atoms with Gasteiger partial charge in [-0.3, -0.25) is 9.36 Å². The van der Waals surface area contributed by atoms with Crippen molar-refractivity contribution in [1.82, 2.24) is 9.55 Å². The average molecular weight is 493 g/mol. The van der Waals surface area contributed by atoms with Gasteiger partial charge in [0, 0.05) is 13.5 Å². The molecule has 1 aliphatic rings. The van der Waals surface area contributed by atoms with E-state index in [0.717, 1.165) is 29.7 Å². The van der Waals surface area contributed by atoms with Crippen molar-refractivity contribution in [1.29, 1.82) is 0 Å². The first-order valence-electron chi connectivity index (χ1n) is 12.1. The molecule has 2 unspecified atom stereocenters. The Morgan fingerprint density at radius 3 is 2.67 bits per heavy atom. The molecule has 2 aromatic carbocycles. The molecule has 9 heteroatoms. The number of imidazole rings is 1. The summed E-state index contributed by atoms with van der Waals surface area (Å²) in [5, 5.41) is 39.7. The Morgan fingerprint density at radius 1 is 1.14 bits per heavy atom. The minimum atomic E-state index is -0.797. The highest BCUT2D eigenvalue weighted by Gasteiger charge is 2.29. The van der Waals surface area contributed by atoms with Crippen LogP contribution in [0.1, 0.15) is 54.1 Å². The number of benzene rings is 2. The van der Waals surface area contributed by atoms with Crippen molar-refractivity contribution in [3.05, 3.63) is 58.9 Å². The van der Waals surface area contributed by atoms with E-state index in [0.29, 0.717) is 37.3 Å². The third kappa shape index (κ3) is 5.26. The van der Waals surface area contributed by atoms with Crippen molar-refractivity contribution in [2.75, 3.05) is 13.7 Å². The van der Waals surface area contributed by atoms with Gasteiger partial charge in [0.25, 0.3) is 0 Å². The molecule has 0 saturated heterocycles. The van der Waals surface area contributed by atoms with E-state index in [1.165, 1.54) is 0 Å². The molecule has 36 heavy (non-hydrogen) atoms. The Kier molecular flexibility index (Phi) is 7.69. The second-order valence-electron chi connectivity index (χ2n) is 9.34. The zero-order chi connectivity index (χ0) is 25.8. The molecule has 0 aliphatic heterocycles. The van der Waals surface area contributed by atoms with E-state index in [9.17, 15) is 20.1 Å². The molecule has 0 radical (unpaired) electrons. The van der Waals surface area contributed by atoms with Crippen molar-refractivity contribution in [3.8, 4) is 17.3 Å². The van der Waals surface area contributed by atoms with Crippen LogP contribution in [0.4, 0.5) is 11.5 Å². The fraction of sp³-hybridized carbons (Fsp3) is 0.407. The molecule has 3 N–H and O–H groups in total. The van der Waals surface area contributed by atoms with Gasteiger partial charge in [-0.25, -0.2) is 4.98 Å². The maximum atomic E-state index is 11.5. The van der Waals surface area contributed by atoms with Crippen molar-refractivity contribution in [2.24, 2.45) is 16.1 Å². The summed E-state index contributed by atoms with van der Waals surface area (Å²) in [4.78, 5) is 16.0. The van der Waals surface area contributed by atoms with Crippen molar-refractivity contribution in [3.63, 3.8) is 0 Å². The fourth-order valence-electron chi connectivity index (χ4n) is 4.77. The number of carboxylic acid groups (broad SMARTS) is 1. The van der Waals surface area contributed by atoms with Crippen LogP contribution >= 0.6 is 0 Å². The number of hydrogen-bond acceptors (Lipinski definition) is 7. The Labute approximate surface area is 210 Å². The standard InChI is InChI=1S/C27H32N4O5/c1-16-10-11-20(14-17(16)2)31-23(12-13-36-3)28-25(26(31)33)30-29-22-9-5-8-21(24(22)32)18-6-4-7-19(15-18)27(34)35/h5,8-11,14,18-19,32-33H,4,6-7,12-13,15H2,1-3H3,(H,34,35). The quantitative estimate of drug-likeness (QED) is 0.338. The molecule has 1 aliphatic carbocycles. The predicted molar refractivity (Wildman–Crippen MR) is 135 cm³/mol. The number of hydrogen-bond donors (Lipinski definition) is 3. The van der Waals surface area contributed by atoms with Crippen LogP contribution in [0.25, 0.3) is 5.69 Å². The van der Waals surface area contributed by atoms with E-state index in [-0.39, 0.29) is 29.1 Å². The topological polar surface area (TPSA) is 130 Å². The molecule has 1 saturated carbocycles. The predicted octanol–water partition coefficient (Wildman–Crippen LogP) is 5.86. The molecule has 0 spiro atoms. The van der Waals surface area contributed by atoms with Crippen LogP contribution in [-0.2, 0) is 16.0 Å². The zero-order valence-electron chi connectivity index (χ0n) is 20.8. The normalized spacial score (nSPS) is 18.1. The number of aromatic nitrogens is 2. The summed E-state index contributed by atoms with van der Waals surface area (Å²) < 4.78 is 6.84. The van der Waals surface area contributed by atoms with Gasteiger partial charge >= 0.3 is 5.97 Å². The lowest BCUT2D eigenvalue weighted by Crippen LogP contribution is -2.21. The Hall–Kier alpha value is -3.72. The number of carboxylic acids is 1.